The minimum Gasteiger partial charge on any atom is -0.322 e. The van der Waals surface area contributed by atoms with Crippen LogP contribution in [0.5, 0.6) is 0 Å². The first kappa shape index (κ1) is 18.6. The highest BCUT2D eigenvalue weighted by Crippen LogP contribution is 2.37. The predicted molar refractivity (Wildman–Crippen MR) is 83.6 cm³/mol. The normalized spacial score (nSPS) is 12.1. The van der Waals surface area contributed by atoms with Crippen molar-refractivity contribution in [2.45, 2.75) is 12.4 Å². The van der Waals surface area contributed by atoms with Crippen LogP contribution in [0.2, 0.25) is 0 Å². The summed E-state index contributed by atoms with van der Waals surface area (Å²) in [5.41, 5.74) is -3.45. The third-order valence-corrected chi connectivity index (χ3v) is 3.67. The zero-order valence-electron chi connectivity index (χ0n) is 11.6. The summed E-state index contributed by atoms with van der Waals surface area (Å²) in [7, 11) is 0. The van der Waals surface area contributed by atoms with Gasteiger partial charge in [0.05, 0.1) is 11.1 Å². The van der Waals surface area contributed by atoms with Gasteiger partial charge in [-0.25, -0.2) is 0 Å². The van der Waals surface area contributed by atoms with Crippen LogP contribution in [0.15, 0.2) is 42.5 Å². The molecule has 0 spiro atoms. The van der Waals surface area contributed by atoms with Crippen molar-refractivity contribution in [1.29, 1.82) is 0 Å². The lowest BCUT2D eigenvalue weighted by Gasteiger charge is -2.14. The number of anilines is 1. The van der Waals surface area contributed by atoms with Gasteiger partial charge in [0.15, 0.2) is 0 Å². The molecule has 0 aliphatic rings. The molecule has 0 saturated heterocycles. The van der Waals surface area contributed by atoms with Gasteiger partial charge in [0, 0.05) is 14.8 Å². The van der Waals surface area contributed by atoms with Gasteiger partial charge in [-0.15, -0.1) is 0 Å². The summed E-state index contributed by atoms with van der Waals surface area (Å²) in [6, 6.07) is 6.91. The Kier molecular flexibility index (Phi) is 5.11. The number of carbonyl (C=O) groups excluding carboxylic acids is 1. The summed E-state index contributed by atoms with van der Waals surface area (Å²) in [5.74, 6) is -0.807. The average Bonchev–Trinajstić information content (AvgIpc) is 2.45. The summed E-state index contributed by atoms with van der Waals surface area (Å²) in [5, 5.41) is 2.06. The van der Waals surface area contributed by atoms with Crippen LogP contribution >= 0.6 is 22.6 Å². The molecule has 0 heterocycles. The second-order valence-electron chi connectivity index (χ2n) is 4.76. The van der Waals surface area contributed by atoms with Gasteiger partial charge in [0.25, 0.3) is 5.91 Å². The van der Waals surface area contributed by atoms with Crippen molar-refractivity contribution in [3.05, 3.63) is 62.7 Å². The molecule has 0 unspecified atom stereocenters. The molecule has 24 heavy (non-hydrogen) atoms. The van der Waals surface area contributed by atoms with E-state index in [1.165, 1.54) is 12.1 Å². The SMILES string of the molecule is O=C(Nc1cc(C(F)(F)F)cc(C(F)(F)F)c1)c1ccc(I)cc1. The van der Waals surface area contributed by atoms with Crippen LogP contribution < -0.4 is 5.32 Å². The van der Waals surface area contributed by atoms with Gasteiger partial charge in [0.1, 0.15) is 0 Å². The van der Waals surface area contributed by atoms with Crippen molar-refractivity contribution in [2.75, 3.05) is 5.32 Å². The first-order valence-corrected chi connectivity index (χ1v) is 7.41. The van der Waals surface area contributed by atoms with Crippen LogP contribution in [0.25, 0.3) is 0 Å². The molecule has 0 atom stereocenters. The van der Waals surface area contributed by atoms with E-state index in [4.69, 9.17) is 0 Å². The maximum absolute atomic E-state index is 12.8. The van der Waals surface area contributed by atoms with Crippen molar-refractivity contribution in [1.82, 2.24) is 0 Å². The molecule has 0 radical (unpaired) electrons. The molecule has 0 aliphatic carbocycles. The topological polar surface area (TPSA) is 29.1 Å². The Morgan fingerprint density at radius 3 is 1.71 bits per heavy atom. The third-order valence-electron chi connectivity index (χ3n) is 2.95. The molecule has 2 rings (SSSR count). The summed E-state index contributed by atoms with van der Waals surface area (Å²) in [4.78, 5) is 12.0. The zero-order valence-corrected chi connectivity index (χ0v) is 13.8. The Bertz CT molecular complexity index is 720. The van der Waals surface area contributed by atoms with Gasteiger partial charge in [-0.05, 0) is 65.1 Å². The van der Waals surface area contributed by atoms with E-state index in [0.29, 0.717) is 12.1 Å². The summed E-state index contributed by atoms with van der Waals surface area (Å²) < 4.78 is 77.4. The maximum Gasteiger partial charge on any atom is 0.416 e. The molecule has 128 valence electrons. The lowest BCUT2D eigenvalue weighted by atomic mass is 10.1. The predicted octanol–water partition coefficient (Wildman–Crippen LogP) is 5.58. The van der Waals surface area contributed by atoms with Crippen molar-refractivity contribution in [2.24, 2.45) is 0 Å². The van der Waals surface area contributed by atoms with Crippen LogP contribution in [0.3, 0.4) is 0 Å². The van der Waals surface area contributed by atoms with Gasteiger partial charge in [-0.1, -0.05) is 0 Å². The van der Waals surface area contributed by atoms with Gasteiger partial charge in [0.2, 0.25) is 0 Å². The van der Waals surface area contributed by atoms with Crippen LogP contribution in [0.4, 0.5) is 32.0 Å². The molecule has 0 saturated carbocycles. The second kappa shape index (κ2) is 6.61. The minimum absolute atomic E-state index is 0.000529. The monoisotopic (exact) mass is 459 g/mol. The Morgan fingerprint density at radius 1 is 0.833 bits per heavy atom. The number of halogens is 7. The fourth-order valence-corrected chi connectivity index (χ4v) is 2.19. The largest absolute Gasteiger partial charge is 0.416 e. The number of rotatable bonds is 2. The number of alkyl halides is 6. The Labute approximate surface area is 146 Å². The molecular formula is C15H8F6INO. The van der Waals surface area contributed by atoms with Gasteiger partial charge in [-0.2, -0.15) is 26.3 Å². The van der Waals surface area contributed by atoms with Crippen molar-refractivity contribution >= 4 is 34.2 Å². The lowest BCUT2D eigenvalue weighted by Crippen LogP contribution is -2.15. The van der Waals surface area contributed by atoms with Crippen molar-refractivity contribution in [3.8, 4) is 0 Å². The highest BCUT2D eigenvalue weighted by molar-refractivity contribution is 14.1. The summed E-state index contributed by atoms with van der Waals surface area (Å²) in [6.45, 7) is 0. The molecule has 1 amide bonds. The van der Waals surface area contributed by atoms with E-state index in [2.05, 4.69) is 5.32 Å². The van der Waals surface area contributed by atoms with Gasteiger partial charge < -0.3 is 5.32 Å². The Hall–Kier alpha value is -1.78. The summed E-state index contributed by atoms with van der Waals surface area (Å²) >= 11 is 1.99. The van der Waals surface area contributed by atoms with Crippen LogP contribution in [0, 0.1) is 3.57 Å². The molecule has 0 aliphatic heterocycles. The van der Waals surface area contributed by atoms with E-state index in [-0.39, 0.29) is 11.6 Å². The molecule has 0 aromatic heterocycles. The summed E-state index contributed by atoms with van der Waals surface area (Å²) in [6.07, 6.45) is -9.94. The Balaban J connectivity index is 2.38. The van der Waals surface area contributed by atoms with E-state index < -0.39 is 35.1 Å². The molecule has 2 nitrogen and oxygen atoms in total. The van der Waals surface area contributed by atoms with Crippen molar-refractivity contribution in [3.63, 3.8) is 0 Å². The van der Waals surface area contributed by atoms with Crippen molar-refractivity contribution < 1.29 is 31.1 Å². The molecule has 2 aromatic carbocycles. The van der Waals surface area contributed by atoms with E-state index in [1.807, 2.05) is 22.6 Å². The van der Waals surface area contributed by atoms with E-state index in [1.54, 1.807) is 12.1 Å². The highest BCUT2D eigenvalue weighted by Gasteiger charge is 2.37. The fraction of sp³-hybridized carbons (Fsp3) is 0.133. The first-order chi connectivity index (χ1) is 11.0. The number of nitrogens with one attached hydrogen (secondary N) is 1. The van der Waals surface area contributed by atoms with Crippen LogP contribution in [-0.2, 0) is 12.4 Å². The highest BCUT2D eigenvalue weighted by atomic mass is 127. The number of hydrogen-bond donors (Lipinski definition) is 1. The zero-order chi connectivity index (χ0) is 18.1. The van der Waals surface area contributed by atoms with E-state index in [0.717, 1.165) is 3.57 Å². The van der Waals surface area contributed by atoms with Crippen LogP contribution in [-0.4, -0.2) is 5.91 Å². The molecular weight excluding hydrogens is 451 g/mol. The Morgan fingerprint density at radius 2 is 1.29 bits per heavy atom. The number of carbonyl (C=O) groups is 1. The van der Waals surface area contributed by atoms with E-state index in [9.17, 15) is 31.1 Å². The first-order valence-electron chi connectivity index (χ1n) is 6.33. The average molecular weight is 459 g/mol. The molecule has 1 N–H and O–H groups in total. The number of hydrogen-bond acceptors (Lipinski definition) is 1. The quantitative estimate of drug-likeness (QED) is 0.461. The molecule has 0 fully saturated rings. The second-order valence-corrected chi connectivity index (χ2v) is 6.00. The molecule has 9 heteroatoms. The molecule has 0 bridgehead atoms. The maximum atomic E-state index is 12.8. The van der Waals surface area contributed by atoms with E-state index >= 15 is 0 Å². The lowest BCUT2D eigenvalue weighted by molar-refractivity contribution is -0.143. The number of benzene rings is 2. The minimum atomic E-state index is -4.97. The fourth-order valence-electron chi connectivity index (χ4n) is 1.83. The number of amides is 1. The third kappa shape index (κ3) is 4.62. The van der Waals surface area contributed by atoms with Crippen LogP contribution in [0.1, 0.15) is 21.5 Å². The van der Waals surface area contributed by atoms with Gasteiger partial charge >= 0.3 is 12.4 Å². The standard InChI is InChI=1S/C15H8F6INO/c16-14(17,18)9-5-10(15(19,20)21)7-12(6-9)23-13(24)8-1-3-11(22)4-2-8/h1-7H,(H,23,24). The van der Waals surface area contributed by atoms with Gasteiger partial charge in [-0.3, -0.25) is 4.79 Å². The smallest absolute Gasteiger partial charge is 0.322 e. The molecule has 2 aromatic rings.